The van der Waals surface area contributed by atoms with Crippen LogP contribution in [0.15, 0.2) is 24.5 Å². The van der Waals surface area contributed by atoms with Gasteiger partial charge in [-0.1, -0.05) is 0 Å². The minimum absolute atomic E-state index is 0.175. The van der Waals surface area contributed by atoms with E-state index in [1.54, 1.807) is 36.3 Å². The number of aryl methyl sites for hydroxylation is 2. The molecular weight excluding hydrogens is 230 g/mol. The molecule has 0 saturated heterocycles. The van der Waals surface area contributed by atoms with Gasteiger partial charge in [-0.3, -0.25) is 14.5 Å². The van der Waals surface area contributed by atoms with E-state index < -0.39 is 0 Å². The van der Waals surface area contributed by atoms with Gasteiger partial charge in [0.05, 0.1) is 11.8 Å². The van der Waals surface area contributed by atoms with Crippen molar-refractivity contribution >= 4 is 11.7 Å². The van der Waals surface area contributed by atoms with Crippen molar-refractivity contribution in [3.05, 3.63) is 41.3 Å². The average molecular weight is 245 g/mol. The highest BCUT2D eigenvalue weighted by molar-refractivity contribution is 5.93. The number of amides is 1. The van der Waals surface area contributed by atoms with Crippen molar-refractivity contribution in [1.82, 2.24) is 20.1 Å². The maximum Gasteiger partial charge on any atom is 0.253 e. The topological polar surface area (TPSA) is 85.8 Å². The Morgan fingerprint density at radius 1 is 1.44 bits per heavy atom. The van der Waals surface area contributed by atoms with E-state index in [1.165, 1.54) is 0 Å². The van der Waals surface area contributed by atoms with Gasteiger partial charge in [0.15, 0.2) is 0 Å². The molecule has 0 spiro atoms. The predicted molar refractivity (Wildman–Crippen MR) is 67.8 cm³/mol. The van der Waals surface area contributed by atoms with Crippen molar-refractivity contribution < 1.29 is 4.79 Å². The average Bonchev–Trinajstić information content (AvgIpc) is 2.68. The molecule has 0 radical (unpaired) electrons. The summed E-state index contributed by atoms with van der Waals surface area (Å²) in [6, 6.07) is 3.54. The predicted octanol–water partition coefficient (Wildman–Crippen LogP) is 0.636. The smallest absolute Gasteiger partial charge is 0.253 e. The fourth-order valence-corrected chi connectivity index (χ4v) is 1.51. The number of nitrogen functional groups attached to an aromatic ring is 1. The lowest BCUT2D eigenvalue weighted by Crippen LogP contribution is -2.23. The van der Waals surface area contributed by atoms with Crippen molar-refractivity contribution in [3.63, 3.8) is 0 Å². The normalized spacial score (nSPS) is 10.3. The molecule has 0 bridgehead atoms. The Hall–Kier alpha value is -2.37. The summed E-state index contributed by atoms with van der Waals surface area (Å²) in [5, 5.41) is 6.78. The third-order valence-corrected chi connectivity index (χ3v) is 2.68. The lowest BCUT2D eigenvalue weighted by molar-refractivity contribution is 0.0950. The van der Waals surface area contributed by atoms with Gasteiger partial charge in [0.25, 0.3) is 5.91 Å². The van der Waals surface area contributed by atoms with Gasteiger partial charge in [-0.05, 0) is 19.1 Å². The number of hydrogen-bond donors (Lipinski definition) is 2. The van der Waals surface area contributed by atoms with Gasteiger partial charge in [-0.15, -0.1) is 0 Å². The van der Waals surface area contributed by atoms with Gasteiger partial charge >= 0.3 is 0 Å². The summed E-state index contributed by atoms with van der Waals surface area (Å²) in [6.07, 6.45) is 3.19. The number of nitrogens with zero attached hydrogens (tertiary/aromatic N) is 3. The Labute approximate surface area is 105 Å². The number of rotatable bonds is 3. The highest BCUT2D eigenvalue weighted by Gasteiger charge is 2.08. The molecule has 0 saturated carbocycles. The molecule has 2 aromatic heterocycles. The monoisotopic (exact) mass is 245 g/mol. The summed E-state index contributed by atoms with van der Waals surface area (Å²) < 4.78 is 1.56. The molecule has 0 atom stereocenters. The lowest BCUT2D eigenvalue weighted by atomic mass is 10.2. The highest BCUT2D eigenvalue weighted by atomic mass is 16.1. The summed E-state index contributed by atoms with van der Waals surface area (Å²) >= 11 is 0. The van der Waals surface area contributed by atoms with E-state index in [1.807, 2.05) is 6.92 Å². The number of pyridine rings is 1. The molecule has 0 aliphatic heterocycles. The zero-order valence-electron chi connectivity index (χ0n) is 10.3. The number of carbonyl (C=O) groups excluding carboxylic acids is 1. The van der Waals surface area contributed by atoms with E-state index in [2.05, 4.69) is 15.4 Å². The second-order valence-electron chi connectivity index (χ2n) is 4.05. The fourth-order valence-electron chi connectivity index (χ4n) is 1.51. The molecule has 0 aliphatic carbocycles. The Bertz CT molecular complexity index is 558. The summed E-state index contributed by atoms with van der Waals surface area (Å²) in [5.41, 5.74) is 7.99. The Balaban J connectivity index is 2.00. The van der Waals surface area contributed by atoms with Crippen molar-refractivity contribution in [1.29, 1.82) is 0 Å². The number of hydrogen-bond acceptors (Lipinski definition) is 4. The molecular formula is C12H15N5O. The Morgan fingerprint density at radius 3 is 2.78 bits per heavy atom. The molecule has 18 heavy (non-hydrogen) atoms. The second-order valence-corrected chi connectivity index (χ2v) is 4.05. The summed E-state index contributed by atoms with van der Waals surface area (Å²) in [5.74, 6) is 0.378. The summed E-state index contributed by atoms with van der Waals surface area (Å²) in [6.45, 7) is 2.23. The molecule has 1 amide bonds. The molecule has 3 N–H and O–H groups in total. The third-order valence-electron chi connectivity index (χ3n) is 2.68. The Morgan fingerprint density at radius 2 is 2.22 bits per heavy atom. The van der Waals surface area contributed by atoms with E-state index in [0.29, 0.717) is 17.9 Å². The Kier molecular flexibility index (Phi) is 3.27. The van der Waals surface area contributed by atoms with Crippen molar-refractivity contribution in [3.8, 4) is 0 Å². The van der Waals surface area contributed by atoms with Crippen molar-refractivity contribution in [2.24, 2.45) is 7.05 Å². The summed E-state index contributed by atoms with van der Waals surface area (Å²) in [7, 11) is 1.75. The molecule has 2 aromatic rings. The van der Waals surface area contributed by atoms with Gasteiger partial charge in [0.1, 0.15) is 5.82 Å². The molecule has 2 heterocycles. The first-order valence-corrected chi connectivity index (χ1v) is 5.55. The minimum atomic E-state index is -0.175. The zero-order valence-corrected chi connectivity index (χ0v) is 10.3. The van der Waals surface area contributed by atoms with Crippen LogP contribution in [-0.4, -0.2) is 20.7 Å². The van der Waals surface area contributed by atoms with Gasteiger partial charge in [-0.25, -0.2) is 0 Å². The van der Waals surface area contributed by atoms with Gasteiger partial charge in [0.2, 0.25) is 0 Å². The van der Waals surface area contributed by atoms with Crippen LogP contribution in [0.25, 0.3) is 0 Å². The highest BCUT2D eigenvalue weighted by Crippen LogP contribution is 2.08. The third kappa shape index (κ3) is 2.48. The van der Waals surface area contributed by atoms with E-state index >= 15 is 0 Å². The van der Waals surface area contributed by atoms with Crippen LogP contribution >= 0.6 is 0 Å². The number of aromatic nitrogens is 3. The standard InChI is InChI=1S/C12H15N5O/c1-8-3-4-9(5-14-8)12(18)15-6-10-7-16-17(2)11(10)13/h3-5,7H,6,13H2,1-2H3,(H,15,18). The van der Waals surface area contributed by atoms with Gasteiger partial charge in [-0.2, -0.15) is 5.10 Å². The first-order valence-electron chi connectivity index (χ1n) is 5.55. The molecule has 6 heteroatoms. The van der Waals surface area contributed by atoms with Gasteiger partial charge in [0, 0.05) is 31.0 Å². The first kappa shape index (κ1) is 12.1. The number of anilines is 1. The number of carbonyl (C=O) groups is 1. The van der Waals surface area contributed by atoms with Crippen LogP contribution in [0, 0.1) is 6.92 Å². The quantitative estimate of drug-likeness (QED) is 0.830. The largest absolute Gasteiger partial charge is 0.384 e. The second kappa shape index (κ2) is 4.87. The maximum absolute atomic E-state index is 11.8. The zero-order chi connectivity index (χ0) is 13.1. The molecule has 2 rings (SSSR count). The van der Waals surface area contributed by atoms with Crippen LogP contribution in [0.5, 0.6) is 0 Å². The molecule has 6 nitrogen and oxygen atoms in total. The van der Waals surface area contributed by atoms with E-state index in [9.17, 15) is 4.79 Å². The molecule has 94 valence electrons. The van der Waals surface area contributed by atoms with Crippen molar-refractivity contribution in [2.45, 2.75) is 13.5 Å². The van der Waals surface area contributed by atoms with Crippen LogP contribution in [-0.2, 0) is 13.6 Å². The van der Waals surface area contributed by atoms with E-state index in [4.69, 9.17) is 5.73 Å². The number of nitrogens with two attached hydrogens (primary N) is 1. The summed E-state index contributed by atoms with van der Waals surface area (Å²) in [4.78, 5) is 15.9. The van der Waals surface area contributed by atoms with E-state index in [0.717, 1.165) is 11.3 Å². The molecule has 0 aliphatic rings. The van der Waals surface area contributed by atoms with Crippen LogP contribution in [0.3, 0.4) is 0 Å². The van der Waals surface area contributed by atoms with Crippen LogP contribution in [0.2, 0.25) is 0 Å². The van der Waals surface area contributed by atoms with Crippen LogP contribution < -0.4 is 11.1 Å². The SMILES string of the molecule is Cc1ccc(C(=O)NCc2cnn(C)c2N)cn1. The number of nitrogens with one attached hydrogen (secondary N) is 1. The fraction of sp³-hybridized carbons (Fsp3) is 0.250. The van der Waals surface area contributed by atoms with Crippen molar-refractivity contribution in [2.75, 3.05) is 5.73 Å². The molecule has 0 aromatic carbocycles. The molecule has 0 unspecified atom stereocenters. The lowest BCUT2D eigenvalue weighted by Gasteiger charge is -2.04. The van der Waals surface area contributed by atoms with E-state index in [-0.39, 0.29) is 5.91 Å². The van der Waals surface area contributed by atoms with Crippen LogP contribution in [0.4, 0.5) is 5.82 Å². The first-order chi connectivity index (χ1) is 8.58. The van der Waals surface area contributed by atoms with Crippen LogP contribution in [0.1, 0.15) is 21.6 Å². The maximum atomic E-state index is 11.8. The minimum Gasteiger partial charge on any atom is -0.384 e. The van der Waals surface area contributed by atoms with Gasteiger partial charge < -0.3 is 11.1 Å². The molecule has 0 fully saturated rings.